The molecule has 0 radical (unpaired) electrons. The average Bonchev–Trinajstić information content (AvgIpc) is 2.33. The first-order valence-electron chi connectivity index (χ1n) is 7.18. The van der Waals surface area contributed by atoms with E-state index in [0.29, 0.717) is 5.41 Å². The summed E-state index contributed by atoms with van der Waals surface area (Å²) in [6.45, 7) is 7.40. The molecule has 1 aliphatic heterocycles. The summed E-state index contributed by atoms with van der Waals surface area (Å²) in [7, 11) is 2.34. The molecule has 0 N–H and O–H groups in total. The predicted octanol–water partition coefficient (Wildman–Crippen LogP) is 2.97. The minimum Gasteiger partial charge on any atom is -0.303 e. The molecule has 3 heteroatoms. The maximum absolute atomic E-state index is 3.72. The first-order valence-corrected chi connectivity index (χ1v) is 8.30. The van der Waals surface area contributed by atoms with Crippen LogP contribution >= 0.6 is 15.9 Å². The highest BCUT2D eigenvalue weighted by Crippen LogP contribution is 2.43. The Kier molecular flexibility index (Phi) is 4.90. The zero-order valence-corrected chi connectivity index (χ0v) is 13.0. The van der Waals surface area contributed by atoms with Gasteiger partial charge in [0.1, 0.15) is 0 Å². The Hall–Kier alpha value is 0.400. The molecular formula is C14H27BrN2. The molecule has 0 bridgehead atoms. The molecule has 2 rings (SSSR count). The van der Waals surface area contributed by atoms with Crippen molar-refractivity contribution in [1.29, 1.82) is 0 Å². The highest BCUT2D eigenvalue weighted by molar-refractivity contribution is 9.09. The number of halogens is 1. The molecule has 0 aromatic carbocycles. The zero-order valence-electron chi connectivity index (χ0n) is 11.4. The Morgan fingerprint density at radius 1 is 1.29 bits per heavy atom. The molecule has 0 atom stereocenters. The van der Waals surface area contributed by atoms with Gasteiger partial charge in [-0.2, -0.15) is 0 Å². The van der Waals surface area contributed by atoms with Gasteiger partial charge in [-0.3, -0.25) is 0 Å². The molecule has 0 spiro atoms. The van der Waals surface area contributed by atoms with E-state index >= 15 is 0 Å². The van der Waals surface area contributed by atoms with Crippen LogP contribution in [-0.2, 0) is 0 Å². The Morgan fingerprint density at radius 2 is 1.94 bits per heavy atom. The van der Waals surface area contributed by atoms with E-state index in [1.807, 2.05) is 0 Å². The van der Waals surface area contributed by atoms with E-state index in [4.69, 9.17) is 0 Å². The van der Waals surface area contributed by atoms with E-state index < -0.39 is 0 Å². The van der Waals surface area contributed by atoms with Gasteiger partial charge in [-0.25, -0.2) is 0 Å². The normalized spacial score (nSPS) is 26.1. The van der Waals surface area contributed by atoms with Gasteiger partial charge in [0, 0.05) is 17.9 Å². The van der Waals surface area contributed by atoms with Crippen LogP contribution in [0.4, 0.5) is 0 Å². The topological polar surface area (TPSA) is 6.48 Å². The molecule has 2 fully saturated rings. The lowest BCUT2D eigenvalue weighted by Gasteiger charge is -2.46. The molecule has 0 amide bonds. The minimum atomic E-state index is 0.608. The van der Waals surface area contributed by atoms with Gasteiger partial charge in [0.15, 0.2) is 0 Å². The molecule has 17 heavy (non-hydrogen) atoms. The first kappa shape index (κ1) is 13.8. The van der Waals surface area contributed by atoms with Crippen LogP contribution in [0.2, 0.25) is 0 Å². The molecule has 0 aromatic rings. The third-order valence-corrected chi connectivity index (χ3v) is 6.10. The third kappa shape index (κ3) is 3.24. The number of nitrogens with zero attached hydrogens (tertiary/aromatic N) is 2. The lowest BCUT2D eigenvalue weighted by atomic mass is 9.70. The second-order valence-corrected chi connectivity index (χ2v) is 6.63. The van der Waals surface area contributed by atoms with Crippen molar-refractivity contribution < 1.29 is 0 Å². The van der Waals surface area contributed by atoms with E-state index in [0.717, 1.165) is 6.04 Å². The number of piperidine rings is 1. The highest BCUT2D eigenvalue weighted by atomic mass is 79.9. The second kappa shape index (κ2) is 6.03. The van der Waals surface area contributed by atoms with Crippen molar-refractivity contribution in [3.05, 3.63) is 0 Å². The number of likely N-dealkylation sites (tertiary alicyclic amines) is 1. The monoisotopic (exact) mass is 302 g/mol. The maximum atomic E-state index is 3.72. The number of hydrogen-bond donors (Lipinski definition) is 0. The van der Waals surface area contributed by atoms with E-state index in [2.05, 4.69) is 39.7 Å². The van der Waals surface area contributed by atoms with Crippen LogP contribution < -0.4 is 0 Å². The van der Waals surface area contributed by atoms with E-state index in [-0.39, 0.29) is 0 Å². The zero-order chi connectivity index (χ0) is 12.3. The number of hydrogen-bond acceptors (Lipinski definition) is 2. The van der Waals surface area contributed by atoms with Crippen LogP contribution in [-0.4, -0.2) is 54.4 Å². The van der Waals surface area contributed by atoms with Gasteiger partial charge in [-0.1, -0.05) is 29.3 Å². The molecule has 0 unspecified atom stereocenters. The average molecular weight is 303 g/mol. The summed E-state index contributed by atoms with van der Waals surface area (Å²) in [4.78, 5) is 5.22. The van der Waals surface area contributed by atoms with E-state index in [9.17, 15) is 0 Å². The van der Waals surface area contributed by atoms with Crippen LogP contribution in [0.5, 0.6) is 0 Å². The van der Waals surface area contributed by atoms with Gasteiger partial charge in [0.2, 0.25) is 0 Å². The summed E-state index contributed by atoms with van der Waals surface area (Å²) < 4.78 is 0. The summed E-state index contributed by atoms with van der Waals surface area (Å²) in [5.74, 6) is 0. The second-order valence-electron chi connectivity index (χ2n) is 6.07. The fourth-order valence-electron chi connectivity index (χ4n) is 3.35. The summed E-state index contributed by atoms with van der Waals surface area (Å²) in [6, 6.07) is 0.828. The lowest BCUT2D eigenvalue weighted by Crippen LogP contribution is -2.49. The first-order chi connectivity index (χ1) is 8.19. The van der Waals surface area contributed by atoms with E-state index in [1.54, 1.807) is 0 Å². The fourth-order valence-corrected chi connectivity index (χ4v) is 4.08. The lowest BCUT2D eigenvalue weighted by molar-refractivity contribution is 0.0568. The highest BCUT2D eigenvalue weighted by Gasteiger charge is 2.38. The molecule has 1 saturated carbocycles. The molecular weight excluding hydrogens is 276 g/mol. The van der Waals surface area contributed by atoms with Crippen LogP contribution in [0.1, 0.15) is 39.0 Å². The Balaban J connectivity index is 1.78. The van der Waals surface area contributed by atoms with Crippen LogP contribution in [0.25, 0.3) is 0 Å². The standard InChI is InChI=1S/C14H27BrN2/c1-3-17-9-5-13(6-10-17)16(2)12-14(11-15)7-4-8-14/h13H,3-12H2,1-2H3. The van der Waals surface area contributed by atoms with Gasteiger partial charge in [0.25, 0.3) is 0 Å². The smallest absolute Gasteiger partial charge is 0.0117 e. The molecule has 100 valence electrons. The predicted molar refractivity (Wildman–Crippen MR) is 77.8 cm³/mol. The summed E-state index contributed by atoms with van der Waals surface area (Å²) >= 11 is 3.72. The van der Waals surface area contributed by atoms with Crippen LogP contribution in [0.3, 0.4) is 0 Å². The molecule has 2 nitrogen and oxygen atoms in total. The summed E-state index contributed by atoms with van der Waals surface area (Å²) in [5, 5.41) is 1.19. The van der Waals surface area contributed by atoms with Gasteiger partial charge < -0.3 is 9.80 Å². The summed E-state index contributed by atoms with van der Waals surface area (Å²) in [6.07, 6.45) is 7.02. The van der Waals surface area contributed by atoms with Crippen LogP contribution in [0, 0.1) is 5.41 Å². The fraction of sp³-hybridized carbons (Fsp3) is 1.00. The van der Waals surface area contributed by atoms with Crippen molar-refractivity contribution in [2.45, 2.75) is 45.1 Å². The number of rotatable bonds is 5. The molecule has 1 aliphatic carbocycles. The van der Waals surface area contributed by atoms with Gasteiger partial charge in [-0.15, -0.1) is 0 Å². The van der Waals surface area contributed by atoms with Crippen molar-refractivity contribution in [3.63, 3.8) is 0 Å². The van der Waals surface area contributed by atoms with Crippen molar-refractivity contribution in [3.8, 4) is 0 Å². The van der Waals surface area contributed by atoms with Crippen molar-refractivity contribution in [2.75, 3.05) is 38.6 Å². The van der Waals surface area contributed by atoms with Crippen molar-refractivity contribution in [2.24, 2.45) is 5.41 Å². The Labute approximate surface area is 115 Å². The van der Waals surface area contributed by atoms with E-state index in [1.165, 1.54) is 63.6 Å². The molecule has 1 saturated heterocycles. The van der Waals surface area contributed by atoms with Crippen molar-refractivity contribution >= 4 is 15.9 Å². The molecule has 2 aliphatic rings. The number of alkyl halides is 1. The third-order valence-electron chi connectivity index (χ3n) is 4.91. The quantitative estimate of drug-likeness (QED) is 0.721. The van der Waals surface area contributed by atoms with Crippen LogP contribution in [0.15, 0.2) is 0 Å². The largest absolute Gasteiger partial charge is 0.303 e. The van der Waals surface area contributed by atoms with Gasteiger partial charge >= 0.3 is 0 Å². The maximum Gasteiger partial charge on any atom is 0.0117 e. The minimum absolute atomic E-state index is 0.608. The molecule has 0 aromatic heterocycles. The molecule has 1 heterocycles. The SMILES string of the molecule is CCN1CCC(N(C)CC2(CBr)CCC2)CC1. The Morgan fingerprint density at radius 3 is 2.35 bits per heavy atom. The van der Waals surface area contributed by atoms with Crippen molar-refractivity contribution in [1.82, 2.24) is 9.80 Å². The van der Waals surface area contributed by atoms with Gasteiger partial charge in [-0.05, 0) is 57.8 Å². The Bertz CT molecular complexity index is 227. The van der Waals surface area contributed by atoms with Gasteiger partial charge in [0.05, 0.1) is 0 Å². The summed E-state index contributed by atoms with van der Waals surface area (Å²) in [5.41, 5.74) is 0.608.